The van der Waals surface area contributed by atoms with Gasteiger partial charge in [0.15, 0.2) is 0 Å². The molecule has 2 aromatic carbocycles. The molecule has 0 bridgehead atoms. The van der Waals surface area contributed by atoms with Crippen LogP contribution >= 0.6 is 11.6 Å². The third-order valence-electron chi connectivity index (χ3n) is 10.9. The number of ether oxygens (including phenoxy) is 1. The molecule has 6 rings (SSSR count). The van der Waals surface area contributed by atoms with Crippen molar-refractivity contribution in [3.8, 4) is 0 Å². The molecule has 3 saturated heterocycles. The van der Waals surface area contributed by atoms with Gasteiger partial charge in [0, 0.05) is 43.6 Å². The van der Waals surface area contributed by atoms with Gasteiger partial charge in [-0.1, -0.05) is 18.5 Å². The fraction of sp³-hybridized carbons (Fsp3) is 0.500. The molecule has 4 aliphatic rings. The molecule has 15 nitrogen and oxygen atoms in total. The Morgan fingerprint density at radius 3 is 2.39 bits per heavy atom. The summed E-state index contributed by atoms with van der Waals surface area (Å²) < 4.78 is 49.3. The van der Waals surface area contributed by atoms with Gasteiger partial charge in [-0.05, 0) is 81.3 Å². The summed E-state index contributed by atoms with van der Waals surface area (Å²) in [4.78, 5) is 87.9. The maximum atomic E-state index is 14.7. The van der Waals surface area contributed by atoms with Crippen molar-refractivity contribution in [1.82, 2.24) is 30.7 Å². The van der Waals surface area contributed by atoms with Crippen LogP contribution < -0.4 is 21.3 Å². The molecule has 0 saturated carbocycles. The number of anilines is 1. The summed E-state index contributed by atoms with van der Waals surface area (Å²) >= 11 is 5.83. The molecule has 318 valence electrons. The van der Waals surface area contributed by atoms with E-state index >= 15 is 0 Å². The molecule has 8 atom stereocenters. The van der Waals surface area contributed by atoms with E-state index in [2.05, 4.69) is 21.3 Å². The lowest BCUT2D eigenvalue weighted by Gasteiger charge is -2.39. The maximum absolute atomic E-state index is 14.7. The highest BCUT2D eigenvalue weighted by Gasteiger charge is 2.47. The lowest BCUT2D eigenvalue weighted by atomic mass is 9.99. The number of rotatable bonds is 6. The topological polar surface area (TPSA) is 190 Å². The number of hydrogen-bond acceptors (Lipinski definition) is 8. The number of carbonyl (C=O) groups excluding carboxylic acids is 6. The molecule has 7 amide bonds. The van der Waals surface area contributed by atoms with Crippen LogP contribution in [0.25, 0.3) is 0 Å². The van der Waals surface area contributed by atoms with Gasteiger partial charge < -0.3 is 45.8 Å². The number of amides is 7. The fourth-order valence-corrected chi connectivity index (χ4v) is 8.18. The third-order valence-corrected chi connectivity index (χ3v) is 11.2. The second kappa shape index (κ2) is 18.3. The summed E-state index contributed by atoms with van der Waals surface area (Å²) in [6.07, 6.45) is 0.137. The Morgan fingerprint density at radius 1 is 0.949 bits per heavy atom. The quantitative estimate of drug-likeness (QED) is 0.294. The van der Waals surface area contributed by atoms with E-state index in [1.54, 1.807) is 6.92 Å². The molecule has 4 heterocycles. The van der Waals surface area contributed by atoms with Crippen LogP contribution in [0.4, 0.5) is 23.7 Å². The zero-order valence-electron chi connectivity index (χ0n) is 32.7. The minimum Gasteiger partial charge on any atom is -0.494 e. The number of halogens is 4. The van der Waals surface area contributed by atoms with Crippen LogP contribution in [0, 0.1) is 23.4 Å². The van der Waals surface area contributed by atoms with Crippen LogP contribution in [0.1, 0.15) is 58.4 Å². The lowest BCUT2D eigenvalue weighted by molar-refractivity contribution is -0.152. The molecule has 3 fully saturated rings. The largest absolute Gasteiger partial charge is 0.494 e. The molecular formula is C40H47ClF3N7O8. The Bertz CT molecular complexity index is 2000. The number of aliphatic hydroxyl groups is 1. The highest BCUT2D eigenvalue weighted by atomic mass is 35.5. The van der Waals surface area contributed by atoms with E-state index in [-0.39, 0.29) is 41.7 Å². The van der Waals surface area contributed by atoms with Crippen LogP contribution in [-0.2, 0) is 35.1 Å². The number of benzene rings is 2. The van der Waals surface area contributed by atoms with E-state index in [0.29, 0.717) is 44.0 Å². The van der Waals surface area contributed by atoms with Crippen LogP contribution in [0.2, 0.25) is 5.02 Å². The van der Waals surface area contributed by atoms with E-state index in [4.69, 9.17) is 16.3 Å². The highest BCUT2D eigenvalue weighted by molar-refractivity contribution is 6.30. The number of hydrogen-bond donors (Lipinski definition) is 5. The van der Waals surface area contributed by atoms with Crippen molar-refractivity contribution in [1.29, 1.82) is 0 Å². The molecule has 0 unspecified atom stereocenters. The van der Waals surface area contributed by atoms with Gasteiger partial charge in [-0.2, -0.15) is 0 Å². The second-order valence-corrected chi connectivity index (χ2v) is 16.1. The molecule has 2 aromatic rings. The van der Waals surface area contributed by atoms with Gasteiger partial charge in [-0.3, -0.25) is 24.0 Å². The normalized spacial score (nSPS) is 28.0. The van der Waals surface area contributed by atoms with Gasteiger partial charge in [0.05, 0.1) is 17.5 Å². The molecule has 0 aliphatic carbocycles. The summed E-state index contributed by atoms with van der Waals surface area (Å²) in [5.41, 5.74) is 0.0926. The zero-order valence-corrected chi connectivity index (χ0v) is 33.4. The molecule has 59 heavy (non-hydrogen) atoms. The fourth-order valence-electron chi connectivity index (χ4n) is 8.02. The Hall–Kier alpha value is -5.36. The number of carbonyl (C=O) groups is 6. The van der Waals surface area contributed by atoms with Crippen molar-refractivity contribution in [2.75, 3.05) is 25.0 Å². The number of allylic oxidation sites excluding steroid dienone is 1. The van der Waals surface area contributed by atoms with Crippen molar-refractivity contribution in [3.05, 3.63) is 76.4 Å². The van der Waals surface area contributed by atoms with Gasteiger partial charge in [0.2, 0.25) is 29.5 Å². The first kappa shape index (κ1) is 43.2. The van der Waals surface area contributed by atoms with Crippen molar-refractivity contribution in [2.45, 2.75) is 102 Å². The number of piperidine rings is 1. The number of urea groups is 1. The molecule has 5 N–H and O–H groups in total. The smallest absolute Gasteiger partial charge is 0.319 e. The summed E-state index contributed by atoms with van der Waals surface area (Å²) in [6, 6.07) is -1.58. The molecule has 4 aliphatic heterocycles. The first-order valence-electron chi connectivity index (χ1n) is 19.5. The Labute approximate surface area is 343 Å². The number of aliphatic hydroxyl groups excluding tert-OH is 1. The number of fused-ring (bicyclic) bond motifs is 3. The van der Waals surface area contributed by atoms with Crippen LogP contribution in [0.15, 0.2) is 48.4 Å². The third kappa shape index (κ3) is 10.1. The van der Waals surface area contributed by atoms with E-state index < -0.39 is 102 Å². The summed E-state index contributed by atoms with van der Waals surface area (Å²) in [7, 11) is 0. The second-order valence-electron chi connectivity index (χ2n) is 15.6. The molecule has 0 radical (unpaired) electrons. The van der Waals surface area contributed by atoms with E-state index in [1.807, 2.05) is 6.92 Å². The Kier molecular flexibility index (Phi) is 13.4. The Morgan fingerprint density at radius 2 is 1.68 bits per heavy atom. The molecule has 19 heteroatoms. The van der Waals surface area contributed by atoms with Gasteiger partial charge in [0.1, 0.15) is 60.0 Å². The summed E-state index contributed by atoms with van der Waals surface area (Å²) in [6.45, 7) is 5.11. The monoisotopic (exact) mass is 845 g/mol. The minimum atomic E-state index is -1.65. The lowest BCUT2D eigenvalue weighted by Crippen LogP contribution is -2.62. The van der Waals surface area contributed by atoms with Crippen molar-refractivity contribution in [2.24, 2.45) is 5.92 Å². The van der Waals surface area contributed by atoms with Gasteiger partial charge >= 0.3 is 6.03 Å². The van der Waals surface area contributed by atoms with Gasteiger partial charge in [-0.15, -0.1) is 0 Å². The molecule has 0 aromatic heterocycles. The van der Waals surface area contributed by atoms with Crippen LogP contribution in [0.5, 0.6) is 0 Å². The summed E-state index contributed by atoms with van der Waals surface area (Å²) in [5.74, 6) is -6.26. The molecule has 0 spiro atoms. The highest BCUT2D eigenvalue weighted by Crippen LogP contribution is 2.30. The van der Waals surface area contributed by atoms with Crippen molar-refractivity contribution < 1.29 is 51.8 Å². The van der Waals surface area contributed by atoms with Crippen molar-refractivity contribution in [3.63, 3.8) is 0 Å². The predicted octanol–water partition coefficient (Wildman–Crippen LogP) is 2.95. The SMILES string of the molecule is C[C@@H]1C/C2=C/O[C@@H](C)[C@H](NC(=O)[C@H](Cc3cc(F)cc(F)c3)NC(=O)Nc3ccc(Cl)cc3F)C(=O)N3C[C@H](O)C[C@H]3C(=O)N3CCCC[C@H]3C(=O)N[C@@H](C)C(=O)N2C1. The standard InChI is InChI=1S/C40H47ClF3N7O8/c1-20-10-27-19-59-22(3)34(48-35(53)31(13-23-11-25(42)15-26(43)12-23)47-40(58)46-30-8-7-24(41)14-29(30)44)39(57)51-18-28(52)16-33(51)38(56)49-9-5-4-6-32(49)36(54)45-21(2)37(55)50(27)17-20/h7-8,11-12,14-15,19-22,28,31-34,52H,4-6,9-10,13,16-18H2,1-3H3,(H,45,54)(H,48,53)(H2,46,47,58)/b27-19-/t20-,21+,22+,28-,31+,32+,33+,34+/m1/s1. The zero-order chi connectivity index (χ0) is 42.7. The van der Waals surface area contributed by atoms with E-state index in [1.165, 1.54) is 35.1 Å². The van der Waals surface area contributed by atoms with Crippen LogP contribution in [0.3, 0.4) is 0 Å². The molecular weight excluding hydrogens is 799 g/mol. The minimum absolute atomic E-state index is 0.00323. The van der Waals surface area contributed by atoms with E-state index in [9.17, 15) is 47.0 Å². The van der Waals surface area contributed by atoms with Gasteiger partial charge in [-0.25, -0.2) is 18.0 Å². The first-order valence-corrected chi connectivity index (χ1v) is 19.9. The number of nitrogens with one attached hydrogen (secondary N) is 4. The van der Waals surface area contributed by atoms with Crippen LogP contribution in [-0.4, -0.2) is 117 Å². The predicted molar refractivity (Wildman–Crippen MR) is 207 cm³/mol. The Balaban J connectivity index is 1.36. The first-order chi connectivity index (χ1) is 28.0. The number of nitrogens with zero attached hydrogens (tertiary/aromatic N) is 3. The maximum Gasteiger partial charge on any atom is 0.319 e. The van der Waals surface area contributed by atoms with Gasteiger partial charge in [0.25, 0.3) is 0 Å². The average Bonchev–Trinajstić information content (AvgIpc) is 3.76. The summed E-state index contributed by atoms with van der Waals surface area (Å²) in [5, 5.41) is 20.9. The van der Waals surface area contributed by atoms with Crippen molar-refractivity contribution >= 4 is 52.9 Å². The average molecular weight is 846 g/mol. The van der Waals surface area contributed by atoms with E-state index in [0.717, 1.165) is 23.1 Å².